The van der Waals surface area contributed by atoms with Crippen molar-refractivity contribution in [3.63, 3.8) is 0 Å². The van der Waals surface area contributed by atoms with Crippen LogP contribution in [0, 0.1) is 0 Å². The monoisotopic (exact) mass is 197 g/mol. The van der Waals surface area contributed by atoms with E-state index in [4.69, 9.17) is 5.73 Å². The first-order valence-electron chi connectivity index (χ1n) is 4.29. The second-order valence-corrected chi connectivity index (χ2v) is 4.79. The molecule has 0 aliphatic heterocycles. The molecule has 0 atom stereocenters. The number of Topliss-reactive ketones (excluding diaryl/α,β-unsaturated/α-hetero) is 1. The molecule has 13 heavy (non-hydrogen) atoms. The minimum Gasteiger partial charge on any atom is -0.325 e. The van der Waals surface area contributed by atoms with Crippen molar-refractivity contribution in [3.8, 4) is 0 Å². The second kappa shape index (κ2) is 4.03. The minimum absolute atomic E-state index is 0.214. The summed E-state index contributed by atoms with van der Waals surface area (Å²) in [6, 6.07) is 1.98. The average Bonchev–Trinajstić information content (AvgIpc) is 2.34. The zero-order chi connectivity index (χ0) is 9.90. The maximum atomic E-state index is 11.5. The highest BCUT2D eigenvalue weighted by molar-refractivity contribution is 7.07. The van der Waals surface area contributed by atoms with Crippen molar-refractivity contribution in [1.82, 2.24) is 0 Å². The number of ketones is 1. The molecule has 0 radical (unpaired) electrons. The van der Waals surface area contributed by atoms with Crippen molar-refractivity contribution in [2.24, 2.45) is 5.73 Å². The van der Waals surface area contributed by atoms with Gasteiger partial charge < -0.3 is 5.73 Å². The van der Waals surface area contributed by atoms with E-state index in [9.17, 15) is 4.79 Å². The number of carbonyl (C=O) groups excluding carboxylic acids is 1. The highest BCUT2D eigenvalue weighted by atomic mass is 32.1. The molecule has 0 aromatic carbocycles. The lowest BCUT2D eigenvalue weighted by molar-refractivity contribution is -0.119. The lowest BCUT2D eigenvalue weighted by Gasteiger charge is -2.16. The van der Waals surface area contributed by atoms with Gasteiger partial charge in [-0.1, -0.05) is 0 Å². The number of nitrogens with two attached hydrogens (primary N) is 1. The molecule has 2 N–H and O–H groups in total. The highest BCUT2D eigenvalue weighted by Gasteiger charge is 2.16. The number of carbonyl (C=O) groups is 1. The Morgan fingerprint density at radius 1 is 1.62 bits per heavy atom. The Labute approximate surface area is 82.8 Å². The molecule has 3 heteroatoms. The van der Waals surface area contributed by atoms with E-state index in [0.717, 1.165) is 5.56 Å². The molecular weight excluding hydrogens is 182 g/mol. The first kappa shape index (κ1) is 10.4. The average molecular weight is 197 g/mol. The molecule has 1 rings (SSSR count). The molecule has 0 bridgehead atoms. The molecule has 0 amide bonds. The fraction of sp³-hybridized carbons (Fsp3) is 0.500. The smallest absolute Gasteiger partial charge is 0.139 e. The number of rotatable bonds is 4. The van der Waals surface area contributed by atoms with Crippen LogP contribution >= 0.6 is 11.3 Å². The molecule has 0 unspecified atom stereocenters. The molecule has 1 aromatic heterocycles. The normalized spacial score (nSPS) is 11.6. The number of hydrogen-bond donors (Lipinski definition) is 1. The molecule has 72 valence electrons. The van der Waals surface area contributed by atoms with Gasteiger partial charge in [-0.15, -0.1) is 0 Å². The lowest BCUT2D eigenvalue weighted by atomic mass is 9.96. The SMILES string of the molecule is CC(C)(N)CC(=O)Cc1ccsc1. The van der Waals surface area contributed by atoms with Gasteiger partial charge in [-0.2, -0.15) is 11.3 Å². The van der Waals surface area contributed by atoms with E-state index < -0.39 is 0 Å². The van der Waals surface area contributed by atoms with Gasteiger partial charge in [0.05, 0.1) is 0 Å². The van der Waals surface area contributed by atoms with Crippen LogP contribution in [0.2, 0.25) is 0 Å². The molecule has 0 aliphatic carbocycles. The highest BCUT2D eigenvalue weighted by Crippen LogP contribution is 2.11. The zero-order valence-electron chi connectivity index (χ0n) is 8.04. The van der Waals surface area contributed by atoms with Crippen molar-refractivity contribution >= 4 is 17.1 Å². The van der Waals surface area contributed by atoms with E-state index >= 15 is 0 Å². The minimum atomic E-state index is -0.382. The topological polar surface area (TPSA) is 43.1 Å². The molecule has 0 fully saturated rings. The van der Waals surface area contributed by atoms with Gasteiger partial charge in [0.1, 0.15) is 5.78 Å². The third-order valence-corrected chi connectivity index (χ3v) is 2.37. The van der Waals surface area contributed by atoms with Crippen molar-refractivity contribution in [3.05, 3.63) is 22.4 Å². The zero-order valence-corrected chi connectivity index (χ0v) is 8.86. The van der Waals surface area contributed by atoms with E-state index in [1.54, 1.807) is 11.3 Å². The quantitative estimate of drug-likeness (QED) is 0.802. The first-order valence-corrected chi connectivity index (χ1v) is 5.23. The maximum Gasteiger partial charge on any atom is 0.139 e. The van der Waals surface area contributed by atoms with Crippen LogP contribution in [-0.2, 0) is 11.2 Å². The first-order chi connectivity index (χ1) is 5.97. The molecule has 0 saturated heterocycles. The Hall–Kier alpha value is -0.670. The Balaban J connectivity index is 2.43. The second-order valence-electron chi connectivity index (χ2n) is 4.01. The predicted molar refractivity (Wildman–Crippen MR) is 55.9 cm³/mol. The van der Waals surface area contributed by atoms with Crippen molar-refractivity contribution in [2.45, 2.75) is 32.2 Å². The van der Waals surface area contributed by atoms with E-state index in [2.05, 4.69) is 0 Å². The van der Waals surface area contributed by atoms with Gasteiger partial charge in [-0.3, -0.25) is 4.79 Å². The van der Waals surface area contributed by atoms with Crippen LogP contribution in [0.5, 0.6) is 0 Å². The summed E-state index contributed by atoms with van der Waals surface area (Å²) in [5.74, 6) is 0.214. The van der Waals surface area contributed by atoms with Crippen LogP contribution in [0.15, 0.2) is 16.8 Å². The predicted octanol–water partition coefficient (Wildman–Crippen LogP) is 1.99. The molecular formula is C10H15NOS. The van der Waals surface area contributed by atoms with E-state index in [0.29, 0.717) is 12.8 Å². The van der Waals surface area contributed by atoms with Crippen molar-refractivity contribution < 1.29 is 4.79 Å². The van der Waals surface area contributed by atoms with Crippen LogP contribution in [-0.4, -0.2) is 11.3 Å². The van der Waals surface area contributed by atoms with Crippen LogP contribution in [0.4, 0.5) is 0 Å². The molecule has 1 heterocycles. The molecule has 2 nitrogen and oxygen atoms in total. The van der Waals surface area contributed by atoms with Crippen LogP contribution in [0.1, 0.15) is 25.8 Å². The van der Waals surface area contributed by atoms with Gasteiger partial charge in [0, 0.05) is 18.4 Å². The van der Waals surface area contributed by atoms with Crippen LogP contribution in [0.25, 0.3) is 0 Å². The third kappa shape index (κ3) is 4.20. The Morgan fingerprint density at radius 2 is 2.31 bits per heavy atom. The number of thiophene rings is 1. The van der Waals surface area contributed by atoms with Gasteiger partial charge in [-0.05, 0) is 36.2 Å². The number of hydrogen-bond acceptors (Lipinski definition) is 3. The van der Waals surface area contributed by atoms with Crippen LogP contribution < -0.4 is 5.73 Å². The van der Waals surface area contributed by atoms with Gasteiger partial charge in [0.25, 0.3) is 0 Å². The third-order valence-electron chi connectivity index (χ3n) is 1.63. The summed E-state index contributed by atoms with van der Waals surface area (Å²) in [6.45, 7) is 3.75. The summed E-state index contributed by atoms with van der Waals surface area (Å²) in [4.78, 5) is 11.5. The van der Waals surface area contributed by atoms with E-state index in [-0.39, 0.29) is 11.3 Å². The lowest BCUT2D eigenvalue weighted by Crippen LogP contribution is -2.35. The molecule has 0 saturated carbocycles. The van der Waals surface area contributed by atoms with Crippen molar-refractivity contribution in [2.75, 3.05) is 0 Å². The summed E-state index contributed by atoms with van der Waals surface area (Å²) in [6.07, 6.45) is 0.965. The Morgan fingerprint density at radius 3 is 2.77 bits per heavy atom. The Kier molecular flexibility index (Phi) is 3.22. The van der Waals surface area contributed by atoms with Gasteiger partial charge in [-0.25, -0.2) is 0 Å². The van der Waals surface area contributed by atoms with E-state index in [1.807, 2.05) is 30.7 Å². The standard InChI is InChI=1S/C10H15NOS/c1-10(2,11)6-9(12)5-8-3-4-13-7-8/h3-4,7H,5-6,11H2,1-2H3. The van der Waals surface area contributed by atoms with Gasteiger partial charge >= 0.3 is 0 Å². The summed E-state index contributed by atoms with van der Waals surface area (Å²) < 4.78 is 0. The van der Waals surface area contributed by atoms with Crippen molar-refractivity contribution in [1.29, 1.82) is 0 Å². The fourth-order valence-electron chi connectivity index (χ4n) is 1.19. The molecule has 1 aromatic rings. The summed E-state index contributed by atoms with van der Waals surface area (Å²) >= 11 is 1.62. The van der Waals surface area contributed by atoms with Crippen LogP contribution in [0.3, 0.4) is 0 Å². The van der Waals surface area contributed by atoms with Gasteiger partial charge in [0.15, 0.2) is 0 Å². The summed E-state index contributed by atoms with van der Waals surface area (Å²) in [7, 11) is 0. The largest absolute Gasteiger partial charge is 0.325 e. The van der Waals surface area contributed by atoms with E-state index in [1.165, 1.54) is 0 Å². The molecule has 0 spiro atoms. The van der Waals surface area contributed by atoms with Gasteiger partial charge in [0.2, 0.25) is 0 Å². The maximum absolute atomic E-state index is 11.5. The Bertz CT molecular complexity index is 272. The summed E-state index contributed by atoms with van der Waals surface area (Å²) in [5.41, 5.74) is 6.46. The summed E-state index contributed by atoms with van der Waals surface area (Å²) in [5, 5.41) is 3.98. The molecule has 0 aliphatic rings. The fourth-order valence-corrected chi connectivity index (χ4v) is 1.86.